The van der Waals surface area contributed by atoms with Gasteiger partial charge in [-0.15, -0.1) is 10.2 Å². The minimum Gasteiger partial charge on any atom is -0.356 e. The van der Waals surface area contributed by atoms with Gasteiger partial charge in [0.05, 0.1) is 5.69 Å². The first-order valence-electron chi connectivity index (χ1n) is 10.2. The molecule has 0 radical (unpaired) electrons. The molecule has 0 unspecified atom stereocenters. The highest BCUT2D eigenvalue weighted by Crippen LogP contribution is 2.12. The Balaban J connectivity index is 1.36. The maximum absolute atomic E-state index is 13.5. The summed E-state index contributed by atoms with van der Waals surface area (Å²) in [6, 6.07) is 13.1. The number of carbonyl (C=O) groups excluding carboxylic acids is 1. The molecule has 4 aromatic rings. The molecule has 1 amide bonds. The van der Waals surface area contributed by atoms with Crippen LogP contribution < -0.4 is 10.9 Å². The Hall–Kier alpha value is -3.88. The molecule has 32 heavy (non-hydrogen) atoms. The molecule has 2 aromatic carbocycles. The summed E-state index contributed by atoms with van der Waals surface area (Å²) < 4.78 is 29.4. The molecule has 2 heterocycles. The Labute approximate surface area is 182 Å². The molecular weight excluding hydrogens is 416 g/mol. The monoisotopic (exact) mass is 437 g/mol. The maximum atomic E-state index is 13.5. The predicted molar refractivity (Wildman–Crippen MR) is 115 cm³/mol. The lowest BCUT2D eigenvalue weighted by Gasteiger charge is -2.07. The minimum absolute atomic E-state index is 0.0459. The molecule has 164 valence electrons. The van der Waals surface area contributed by atoms with E-state index in [2.05, 4.69) is 15.5 Å². The van der Waals surface area contributed by atoms with Crippen LogP contribution in [0.4, 0.5) is 8.78 Å². The van der Waals surface area contributed by atoms with Crippen LogP contribution in [0, 0.1) is 11.6 Å². The van der Waals surface area contributed by atoms with Gasteiger partial charge in [-0.05, 0) is 30.5 Å². The largest absolute Gasteiger partial charge is 0.356 e. The summed E-state index contributed by atoms with van der Waals surface area (Å²) >= 11 is 0. The van der Waals surface area contributed by atoms with E-state index in [1.54, 1.807) is 10.6 Å². The fraction of sp³-hybridized carbons (Fsp3) is 0.217. The van der Waals surface area contributed by atoms with Crippen LogP contribution in [0.15, 0.2) is 65.7 Å². The van der Waals surface area contributed by atoms with Crippen LogP contribution in [-0.4, -0.2) is 31.6 Å². The SMILES string of the molecule is O=C(CCCc1nnc2c(=O)n(-c3ccc(F)c(F)c3)ccn12)NCCc1ccccc1. The minimum atomic E-state index is -1.04. The van der Waals surface area contributed by atoms with Crippen LogP contribution in [0.5, 0.6) is 0 Å². The molecule has 1 N–H and O–H groups in total. The number of hydrogen-bond donors (Lipinski definition) is 1. The van der Waals surface area contributed by atoms with Crippen molar-refractivity contribution in [2.45, 2.75) is 25.7 Å². The van der Waals surface area contributed by atoms with Gasteiger partial charge in [-0.1, -0.05) is 30.3 Å². The van der Waals surface area contributed by atoms with Gasteiger partial charge < -0.3 is 5.32 Å². The van der Waals surface area contributed by atoms with Gasteiger partial charge >= 0.3 is 5.56 Å². The molecule has 0 aliphatic carbocycles. The van der Waals surface area contributed by atoms with Crippen molar-refractivity contribution >= 4 is 11.6 Å². The van der Waals surface area contributed by atoms with Gasteiger partial charge in [0.1, 0.15) is 5.82 Å². The van der Waals surface area contributed by atoms with Crippen LogP contribution in [0.1, 0.15) is 24.2 Å². The summed E-state index contributed by atoms with van der Waals surface area (Å²) in [6.07, 6.45) is 5.14. The van der Waals surface area contributed by atoms with E-state index in [0.717, 1.165) is 24.1 Å². The second-order valence-corrected chi connectivity index (χ2v) is 7.32. The van der Waals surface area contributed by atoms with Crippen molar-refractivity contribution in [3.63, 3.8) is 0 Å². The quantitative estimate of drug-likeness (QED) is 0.460. The molecular formula is C23H21F2N5O2. The van der Waals surface area contributed by atoms with Crippen molar-refractivity contribution in [1.29, 1.82) is 0 Å². The van der Waals surface area contributed by atoms with Crippen LogP contribution >= 0.6 is 0 Å². The third kappa shape index (κ3) is 4.72. The second-order valence-electron chi connectivity index (χ2n) is 7.32. The van der Waals surface area contributed by atoms with Crippen LogP contribution in [-0.2, 0) is 17.6 Å². The molecule has 4 rings (SSSR count). The summed E-state index contributed by atoms with van der Waals surface area (Å²) in [6.45, 7) is 0.570. The first-order chi connectivity index (χ1) is 15.5. The standard InChI is InChI=1S/C23H21F2N5O2/c24-18-10-9-17(15-19(18)25)29-13-14-30-20(27-28-22(30)23(29)32)7-4-8-21(31)26-12-11-16-5-2-1-3-6-16/h1-3,5-6,9-10,13-15H,4,7-8,11-12H2,(H,26,31). The average molecular weight is 437 g/mol. The van der Waals surface area contributed by atoms with Gasteiger partial charge in [0.15, 0.2) is 11.6 Å². The Morgan fingerprint density at radius 1 is 0.969 bits per heavy atom. The smallest absolute Gasteiger partial charge is 0.300 e. The predicted octanol–water partition coefficient (Wildman–Crippen LogP) is 2.84. The first-order valence-corrected chi connectivity index (χ1v) is 10.2. The lowest BCUT2D eigenvalue weighted by atomic mass is 10.1. The highest BCUT2D eigenvalue weighted by molar-refractivity contribution is 5.75. The molecule has 0 saturated heterocycles. The van der Waals surface area contributed by atoms with Crippen molar-refractivity contribution in [2.24, 2.45) is 0 Å². The van der Waals surface area contributed by atoms with Crippen LogP contribution in [0.25, 0.3) is 11.3 Å². The average Bonchev–Trinajstić information content (AvgIpc) is 3.21. The van der Waals surface area contributed by atoms with E-state index in [-0.39, 0.29) is 17.2 Å². The number of halogens is 2. The molecule has 0 aliphatic rings. The van der Waals surface area contributed by atoms with Gasteiger partial charge in [0.2, 0.25) is 11.6 Å². The number of amides is 1. The molecule has 0 spiro atoms. The summed E-state index contributed by atoms with van der Waals surface area (Å²) in [5.41, 5.74) is 0.917. The Morgan fingerprint density at radius 3 is 2.56 bits per heavy atom. The molecule has 2 aromatic heterocycles. The zero-order chi connectivity index (χ0) is 22.5. The van der Waals surface area contributed by atoms with Crippen molar-refractivity contribution in [3.05, 3.63) is 94.3 Å². The van der Waals surface area contributed by atoms with E-state index in [9.17, 15) is 18.4 Å². The third-order valence-electron chi connectivity index (χ3n) is 5.11. The van der Waals surface area contributed by atoms with E-state index in [0.29, 0.717) is 31.6 Å². The molecule has 7 nitrogen and oxygen atoms in total. The lowest BCUT2D eigenvalue weighted by molar-refractivity contribution is -0.121. The number of aryl methyl sites for hydroxylation is 1. The van der Waals surface area contributed by atoms with Gasteiger partial charge in [0, 0.05) is 37.8 Å². The van der Waals surface area contributed by atoms with Crippen molar-refractivity contribution in [3.8, 4) is 5.69 Å². The summed E-state index contributed by atoms with van der Waals surface area (Å²) in [5, 5.41) is 10.9. The number of nitrogens with one attached hydrogen (secondary N) is 1. The van der Waals surface area contributed by atoms with Crippen molar-refractivity contribution < 1.29 is 13.6 Å². The fourth-order valence-electron chi connectivity index (χ4n) is 3.43. The number of fused-ring (bicyclic) bond motifs is 1. The van der Waals surface area contributed by atoms with Gasteiger partial charge in [-0.2, -0.15) is 0 Å². The fourth-order valence-corrected chi connectivity index (χ4v) is 3.43. The lowest BCUT2D eigenvalue weighted by Crippen LogP contribution is -2.25. The van der Waals surface area contributed by atoms with E-state index < -0.39 is 17.2 Å². The summed E-state index contributed by atoms with van der Waals surface area (Å²) in [7, 11) is 0. The molecule has 0 atom stereocenters. The van der Waals surface area contributed by atoms with Crippen molar-refractivity contribution in [1.82, 2.24) is 24.5 Å². The zero-order valence-corrected chi connectivity index (χ0v) is 17.2. The topological polar surface area (TPSA) is 81.3 Å². The third-order valence-corrected chi connectivity index (χ3v) is 5.11. The number of hydrogen-bond acceptors (Lipinski definition) is 4. The highest BCUT2D eigenvalue weighted by atomic mass is 19.2. The Bertz CT molecular complexity index is 1300. The van der Waals surface area contributed by atoms with E-state index in [1.165, 1.54) is 16.8 Å². The zero-order valence-electron chi connectivity index (χ0n) is 17.2. The Morgan fingerprint density at radius 2 is 1.78 bits per heavy atom. The first kappa shape index (κ1) is 21.4. The van der Waals surface area contributed by atoms with E-state index in [1.807, 2.05) is 30.3 Å². The number of carbonyl (C=O) groups is 1. The number of aromatic nitrogens is 4. The number of rotatable bonds is 8. The summed E-state index contributed by atoms with van der Waals surface area (Å²) in [5.74, 6) is -1.53. The molecule has 0 saturated carbocycles. The van der Waals surface area contributed by atoms with Gasteiger partial charge in [-0.25, -0.2) is 8.78 Å². The molecule has 9 heteroatoms. The van der Waals surface area contributed by atoms with Gasteiger partial charge in [-0.3, -0.25) is 18.6 Å². The summed E-state index contributed by atoms with van der Waals surface area (Å²) in [4.78, 5) is 24.8. The normalized spacial score (nSPS) is 11.1. The van der Waals surface area contributed by atoms with Crippen LogP contribution in [0.2, 0.25) is 0 Å². The van der Waals surface area contributed by atoms with Gasteiger partial charge in [0.25, 0.3) is 0 Å². The van der Waals surface area contributed by atoms with Crippen molar-refractivity contribution in [2.75, 3.05) is 6.54 Å². The van der Waals surface area contributed by atoms with E-state index in [4.69, 9.17) is 0 Å². The highest BCUT2D eigenvalue weighted by Gasteiger charge is 2.13. The molecule has 0 fully saturated rings. The molecule has 0 bridgehead atoms. The Kier molecular flexibility index (Phi) is 6.34. The maximum Gasteiger partial charge on any atom is 0.300 e. The number of nitrogens with zero attached hydrogens (tertiary/aromatic N) is 4. The van der Waals surface area contributed by atoms with E-state index >= 15 is 0 Å². The van der Waals surface area contributed by atoms with Crippen LogP contribution in [0.3, 0.4) is 0 Å². The second kappa shape index (κ2) is 9.51. The number of benzene rings is 2. The molecule has 0 aliphatic heterocycles.